The molecule has 0 unspecified atom stereocenters. The first-order valence-electron chi connectivity index (χ1n) is 14.7. The first-order chi connectivity index (χ1) is 20.9. The first-order valence-corrected chi connectivity index (χ1v) is 14.7. The van der Waals surface area contributed by atoms with Crippen molar-refractivity contribution in [3.63, 3.8) is 0 Å². The Kier molecular flexibility index (Phi) is 9.14. The lowest BCUT2D eigenvalue weighted by Crippen LogP contribution is -2.38. The van der Waals surface area contributed by atoms with Gasteiger partial charge in [0, 0.05) is 24.1 Å². The topological polar surface area (TPSA) is 94.2 Å². The Balaban J connectivity index is 1.64. The average Bonchev–Trinajstić information content (AvgIpc) is 3.19. The van der Waals surface area contributed by atoms with Crippen molar-refractivity contribution in [1.29, 1.82) is 0 Å². The molecule has 43 heavy (non-hydrogen) atoms. The number of Topliss-reactive ketones (excluding diaryl/α,β-unsaturated/α-hetero) is 1. The zero-order valence-corrected chi connectivity index (χ0v) is 25.1. The molecular weight excluding hydrogens is 544 g/mol. The van der Waals surface area contributed by atoms with E-state index in [0.717, 1.165) is 47.5 Å². The summed E-state index contributed by atoms with van der Waals surface area (Å²) in [5, 5.41) is 3.57. The predicted molar refractivity (Wildman–Crippen MR) is 166 cm³/mol. The maximum absolute atomic E-state index is 14.3. The number of benzene rings is 3. The van der Waals surface area contributed by atoms with Crippen LogP contribution in [0.1, 0.15) is 78.9 Å². The fraction of sp³-hybridized carbons (Fsp3) is 0.343. The lowest BCUT2D eigenvalue weighted by atomic mass is 9.78. The molecule has 5 rings (SSSR count). The first kappa shape index (κ1) is 29.9. The Morgan fingerprint density at radius 2 is 1.60 bits per heavy atom. The monoisotopic (exact) mass is 582 g/mol. The number of nitrogens with zero attached hydrogens (tertiary/aromatic N) is 1. The van der Waals surface area contributed by atoms with Crippen molar-refractivity contribution >= 4 is 29.0 Å². The van der Waals surface area contributed by atoms with Crippen LogP contribution < -0.4 is 19.7 Å². The van der Waals surface area contributed by atoms with Crippen LogP contribution in [0.2, 0.25) is 0 Å². The molecule has 8 nitrogen and oxygen atoms in total. The zero-order valence-electron chi connectivity index (χ0n) is 25.1. The molecule has 1 aliphatic carbocycles. The van der Waals surface area contributed by atoms with Crippen molar-refractivity contribution in [1.82, 2.24) is 0 Å². The van der Waals surface area contributed by atoms with Gasteiger partial charge in [-0.25, -0.2) is 4.79 Å². The number of hydrogen-bond donors (Lipinski definition) is 1. The quantitative estimate of drug-likeness (QED) is 0.215. The Hall–Kier alpha value is -4.59. The molecule has 1 heterocycles. The van der Waals surface area contributed by atoms with Crippen LogP contribution in [0.4, 0.5) is 11.4 Å². The van der Waals surface area contributed by atoms with Crippen molar-refractivity contribution in [2.24, 2.45) is 0 Å². The second-order valence-electron chi connectivity index (χ2n) is 10.9. The summed E-state index contributed by atoms with van der Waals surface area (Å²) in [5.41, 5.74) is 4.97. The number of carbonyl (C=O) groups excluding carboxylic acids is 3. The Morgan fingerprint density at radius 1 is 0.884 bits per heavy atom. The Morgan fingerprint density at radius 3 is 2.30 bits per heavy atom. The van der Waals surface area contributed by atoms with E-state index in [1.807, 2.05) is 54.6 Å². The third kappa shape index (κ3) is 6.00. The Labute approximate surface area is 252 Å². The number of esters is 1. The number of hydrogen-bond acceptors (Lipinski definition) is 7. The average molecular weight is 583 g/mol. The summed E-state index contributed by atoms with van der Waals surface area (Å²) in [4.78, 5) is 42.3. The molecule has 0 fully saturated rings. The van der Waals surface area contributed by atoms with E-state index in [4.69, 9.17) is 14.2 Å². The maximum Gasteiger partial charge on any atom is 0.337 e. The molecule has 0 aromatic heterocycles. The van der Waals surface area contributed by atoms with Crippen LogP contribution in [0.3, 0.4) is 0 Å². The molecule has 224 valence electrons. The van der Waals surface area contributed by atoms with E-state index in [-0.39, 0.29) is 24.0 Å². The van der Waals surface area contributed by atoms with Gasteiger partial charge in [-0.2, -0.15) is 0 Å². The van der Waals surface area contributed by atoms with E-state index in [9.17, 15) is 14.4 Å². The molecule has 0 saturated heterocycles. The van der Waals surface area contributed by atoms with E-state index >= 15 is 0 Å². The highest BCUT2D eigenvalue weighted by Crippen LogP contribution is 2.48. The van der Waals surface area contributed by atoms with Gasteiger partial charge in [0.05, 0.1) is 44.3 Å². The predicted octanol–water partition coefficient (Wildman–Crippen LogP) is 6.97. The van der Waals surface area contributed by atoms with Gasteiger partial charge in [0.25, 0.3) is 0 Å². The lowest BCUT2D eigenvalue weighted by Gasteiger charge is -2.35. The maximum atomic E-state index is 14.3. The number of nitrogens with one attached hydrogen (secondary N) is 1. The van der Waals surface area contributed by atoms with E-state index in [0.29, 0.717) is 35.5 Å². The number of fused-ring (bicyclic) bond motifs is 1. The molecule has 2 aliphatic rings. The molecule has 3 aromatic rings. The summed E-state index contributed by atoms with van der Waals surface area (Å²) in [7, 11) is 4.53. The molecule has 1 aliphatic heterocycles. The van der Waals surface area contributed by atoms with E-state index < -0.39 is 12.0 Å². The summed E-state index contributed by atoms with van der Waals surface area (Å²) < 4.78 is 15.9. The van der Waals surface area contributed by atoms with Crippen LogP contribution >= 0.6 is 0 Å². The third-order valence-electron chi connectivity index (χ3n) is 8.28. The smallest absolute Gasteiger partial charge is 0.337 e. The molecule has 1 N–H and O–H groups in total. The van der Waals surface area contributed by atoms with Gasteiger partial charge in [-0.3, -0.25) is 14.5 Å². The summed E-state index contributed by atoms with van der Waals surface area (Å²) in [6.07, 6.45) is 3.91. The summed E-state index contributed by atoms with van der Waals surface area (Å²) in [6, 6.07) is 19.8. The van der Waals surface area contributed by atoms with Gasteiger partial charge < -0.3 is 19.5 Å². The minimum absolute atomic E-state index is 0.0326. The number of allylic oxidation sites excluding steroid dienone is 1. The van der Waals surface area contributed by atoms with E-state index in [1.54, 1.807) is 31.3 Å². The van der Waals surface area contributed by atoms with Crippen LogP contribution in [0.25, 0.3) is 0 Å². The molecule has 3 aromatic carbocycles. The number of ketones is 1. The summed E-state index contributed by atoms with van der Waals surface area (Å²) in [5.74, 6) is 0.614. The van der Waals surface area contributed by atoms with Crippen LogP contribution in [-0.2, 0) is 14.3 Å². The second-order valence-corrected chi connectivity index (χ2v) is 10.9. The number of methoxy groups -OCH3 is 3. The van der Waals surface area contributed by atoms with Crippen molar-refractivity contribution in [2.45, 2.75) is 57.4 Å². The number of unbranched alkanes of at least 4 members (excludes halogenated alkanes) is 2. The number of amides is 1. The van der Waals surface area contributed by atoms with E-state index in [2.05, 4.69) is 12.2 Å². The van der Waals surface area contributed by atoms with Gasteiger partial charge in [-0.1, -0.05) is 50.1 Å². The van der Waals surface area contributed by atoms with Gasteiger partial charge in [-0.15, -0.1) is 0 Å². The minimum Gasteiger partial charge on any atom is -0.493 e. The summed E-state index contributed by atoms with van der Waals surface area (Å²) in [6.45, 7) is 2.11. The van der Waals surface area contributed by atoms with Crippen LogP contribution in [-0.4, -0.2) is 39.0 Å². The molecule has 2 atom stereocenters. The number of rotatable bonds is 9. The van der Waals surface area contributed by atoms with Gasteiger partial charge in [0.15, 0.2) is 17.3 Å². The number of para-hydroxylation sites is 2. The second kappa shape index (κ2) is 13.2. The van der Waals surface area contributed by atoms with Gasteiger partial charge >= 0.3 is 5.97 Å². The van der Waals surface area contributed by atoms with Gasteiger partial charge in [0.2, 0.25) is 5.91 Å². The SMILES string of the molecule is CCCCCC(=O)N1c2ccccc2NC2=C(C(=O)C[C@H](c3ccc(OC)c(OC)c3)C2)[C@H]1c1ccc(C(=O)OC)cc1. The molecule has 0 bridgehead atoms. The van der Waals surface area contributed by atoms with Crippen molar-refractivity contribution in [2.75, 3.05) is 31.5 Å². The van der Waals surface area contributed by atoms with Crippen molar-refractivity contribution < 1.29 is 28.6 Å². The zero-order chi connectivity index (χ0) is 30.5. The lowest BCUT2D eigenvalue weighted by molar-refractivity contribution is -0.119. The molecule has 0 saturated carbocycles. The standard InChI is InChI=1S/C35H38N2O6/c1-5-6-7-12-32(39)37-28-11-9-8-10-26(28)36-27-19-25(24-17-18-30(41-2)31(21-24)42-3)20-29(38)33(27)34(37)22-13-15-23(16-14-22)35(40)43-4/h8-11,13-18,21,25,34,36H,5-7,12,19-20H2,1-4H3/t25-,34-/m1/s1. The molecule has 0 radical (unpaired) electrons. The molecular formula is C35H38N2O6. The third-order valence-corrected chi connectivity index (χ3v) is 8.28. The minimum atomic E-state index is -0.661. The number of carbonyl (C=O) groups is 3. The highest BCUT2D eigenvalue weighted by molar-refractivity contribution is 6.06. The summed E-state index contributed by atoms with van der Waals surface area (Å²) >= 11 is 0. The molecule has 0 spiro atoms. The molecule has 1 amide bonds. The fourth-order valence-electron chi connectivity index (χ4n) is 6.09. The Bertz CT molecular complexity index is 1540. The number of anilines is 2. The van der Waals surface area contributed by atoms with Crippen molar-refractivity contribution in [3.05, 3.63) is 94.7 Å². The fourth-order valence-corrected chi connectivity index (χ4v) is 6.09. The molecule has 8 heteroatoms. The van der Waals surface area contributed by atoms with Crippen LogP contribution in [0.15, 0.2) is 78.0 Å². The van der Waals surface area contributed by atoms with E-state index in [1.165, 1.54) is 7.11 Å². The normalized spacial score (nSPS) is 17.8. The largest absolute Gasteiger partial charge is 0.493 e. The van der Waals surface area contributed by atoms with Gasteiger partial charge in [-0.05, 0) is 66.3 Å². The van der Waals surface area contributed by atoms with Gasteiger partial charge in [0.1, 0.15) is 0 Å². The highest BCUT2D eigenvalue weighted by atomic mass is 16.5. The highest BCUT2D eigenvalue weighted by Gasteiger charge is 2.41. The number of ether oxygens (including phenoxy) is 3. The van der Waals surface area contributed by atoms with Crippen LogP contribution in [0, 0.1) is 0 Å². The van der Waals surface area contributed by atoms with Crippen LogP contribution in [0.5, 0.6) is 11.5 Å². The van der Waals surface area contributed by atoms with Crippen molar-refractivity contribution in [3.8, 4) is 11.5 Å².